The molecule has 0 spiro atoms. The number of nitrogens with two attached hydrogens (primary N) is 2. The van der Waals surface area contributed by atoms with Crippen LogP contribution in [-0.4, -0.2) is 6.54 Å². The van der Waals surface area contributed by atoms with Crippen LogP contribution < -0.4 is 11.5 Å². The first-order chi connectivity index (χ1) is 7.07. The van der Waals surface area contributed by atoms with E-state index in [1.807, 2.05) is 6.92 Å². The highest BCUT2D eigenvalue weighted by atomic mass is 35.5. The Kier molecular flexibility index (Phi) is 4.51. The summed E-state index contributed by atoms with van der Waals surface area (Å²) in [6, 6.07) is 2.68. The highest BCUT2D eigenvalue weighted by Crippen LogP contribution is 2.29. The summed E-state index contributed by atoms with van der Waals surface area (Å²) in [7, 11) is 0. The largest absolute Gasteiger partial charge is 0.330 e. The second-order valence-corrected chi connectivity index (χ2v) is 4.01. The van der Waals surface area contributed by atoms with Gasteiger partial charge in [-0.25, -0.2) is 4.39 Å². The molecule has 0 bridgehead atoms. The summed E-state index contributed by atoms with van der Waals surface area (Å²) in [6.07, 6.45) is 1.42. The molecule has 1 atom stereocenters. The molecular formula is C11H16ClFN2. The molecule has 0 aromatic heterocycles. The molecule has 0 saturated heterocycles. The lowest BCUT2D eigenvalue weighted by molar-refractivity contribution is 0.553. The van der Waals surface area contributed by atoms with Gasteiger partial charge in [0.1, 0.15) is 5.82 Å². The topological polar surface area (TPSA) is 52.0 Å². The van der Waals surface area contributed by atoms with Gasteiger partial charge in [-0.1, -0.05) is 17.7 Å². The van der Waals surface area contributed by atoms with Crippen LogP contribution in [-0.2, 0) is 0 Å². The SMILES string of the molecule is Cc1ccc(F)c([C@H](N)CCCN)c1Cl. The fourth-order valence-electron chi connectivity index (χ4n) is 1.50. The molecule has 0 saturated carbocycles. The lowest BCUT2D eigenvalue weighted by Crippen LogP contribution is -2.15. The van der Waals surface area contributed by atoms with Crippen LogP contribution in [0.5, 0.6) is 0 Å². The van der Waals surface area contributed by atoms with Crippen LogP contribution in [0.2, 0.25) is 5.02 Å². The Labute approximate surface area is 94.4 Å². The fourth-order valence-corrected chi connectivity index (χ4v) is 1.79. The molecule has 1 aromatic rings. The molecule has 0 radical (unpaired) electrons. The first kappa shape index (κ1) is 12.4. The molecule has 4 N–H and O–H groups in total. The minimum atomic E-state index is -0.374. The Hall–Kier alpha value is -0.640. The van der Waals surface area contributed by atoms with Gasteiger partial charge in [-0.2, -0.15) is 0 Å². The molecule has 15 heavy (non-hydrogen) atoms. The van der Waals surface area contributed by atoms with Crippen LogP contribution in [0.1, 0.15) is 30.0 Å². The van der Waals surface area contributed by atoms with E-state index in [-0.39, 0.29) is 11.9 Å². The Morgan fingerprint density at radius 2 is 2.13 bits per heavy atom. The lowest BCUT2D eigenvalue weighted by Gasteiger charge is -2.15. The molecule has 0 aliphatic carbocycles. The number of halogens is 2. The van der Waals surface area contributed by atoms with Crippen molar-refractivity contribution < 1.29 is 4.39 Å². The molecule has 2 nitrogen and oxygen atoms in total. The van der Waals surface area contributed by atoms with E-state index in [1.165, 1.54) is 6.07 Å². The highest BCUT2D eigenvalue weighted by Gasteiger charge is 2.16. The zero-order chi connectivity index (χ0) is 11.4. The monoisotopic (exact) mass is 230 g/mol. The number of hydrogen-bond acceptors (Lipinski definition) is 2. The quantitative estimate of drug-likeness (QED) is 0.835. The summed E-state index contributed by atoms with van der Waals surface area (Å²) in [5.74, 6) is -0.338. The summed E-state index contributed by atoms with van der Waals surface area (Å²) >= 11 is 6.02. The highest BCUT2D eigenvalue weighted by molar-refractivity contribution is 6.32. The van der Waals surface area contributed by atoms with Gasteiger partial charge in [0.05, 0.1) is 5.02 Å². The Morgan fingerprint density at radius 3 is 2.73 bits per heavy atom. The summed E-state index contributed by atoms with van der Waals surface area (Å²) in [5, 5.41) is 0.430. The smallest absolute Gasteiger partial charge is 0.129 e. The Bertz CT molecular complexity index is 342. The number of benzene rings is 1. The predicted molar refractivity (Wildman–Crippen MR) is 61.4 cm³/mol. The van der Waals surface area contributed by atoms with Gasteiger partial charge in [0.15, 0.2) is 0 Å². The summed E-state index contributed by atoms with van der Waals surface area (Å²) < 4.78 is 13.5. The fraction of sp³-hybridized carbons (Fsp3) is 0.455. The maximum atomic E-state index is 13.5. The van der Waals surface area contributed by atoms with Crippen molar-refractivity contribution in [2.24, 2.45) is 11.5 Å². The third-order valence-electron chi connectivity index (χ3n) is 2.41. The van der Waals surface area contributed by atoms with E-state index in [1.54, 1.807) is 6.07 Å². The van der Waals surface area contributed by atoms with Crippen molar-refractivity contribution >= 4 is 11.6 Å². The Balaban J connectivity index is 2.96. The molecule has 0 fully saturated rings. The molecular weight excluding hydrogens is 215 g/mol. The molecule has 0 amide bonds. The van der Waals surface area contributed by atoms with Crippen LogP contribution in [0.25, 0.3) is 0 Å². The number of aryl methyl sites for hydroxylation is 1. The van der Waals surface area contributed by atoms with Crippen molar-refractivity contribution in [1.82, 2.24) is 0 Å². The second kappa shape index (κ2) is 5.45. The molecule has 1 rings (SSSR count). The van der Waals surface area contributed by atoms with Crippen molar-refractivity contribution in [2.45, 2.75) is 25.8 Å². The van der Waals surface area contributed by atoms with Gasteiger partial charge in [0.2, 0.25) is 0 Å². The van der Waals surface area contributed by atoms with Crippen LogP contribution in [0.15, 0.2) is 12.1 Å². The van der Waals surface area contributed by atoms with Crippen LogP contribution in [0.3, 0.4) is 0 Å². The summed E-state index contributed by atoms with van der Waals surface area (Å²) in [4.78, 5) is 0. The maximum Gasteiger partial charge on any atom is 0.129 e. The van der Waals surface area contributed by atoms with Gasteiger partial charge in [-0.3, -0.25) is 0 Å². The van der Waals surface area contributed by atoms with Crippen molar-refractivity contribution in [3.05, 3.63) is 34.1 Å². The standard InChI is InChI=1S/C11H16ClFN2/c1-7-4-5-8(13)10(11(7)12)9(15)3-2-6-14/h4-5,9H,2-3,6,14-15H2,1H3/t9-/m1/s1. The normalized spacial score (nSPS) is 12.9. The maximum absolute atomic E-state index is 13.5. The predicted octanol–water partition coefficient (Wildman–Crippen LogP) is 2.53. The van der Waals surface area contributed by atoms with Gasteiger partial charge in [-0.15, -0.1) is 0 Å². The van der Waals surface area contributed by atoms with E-state index in [4.69, 9.17) is 23.1 Å². The van der Waals surface area contributed by atoms with Crippen LogP contribution in [0, 0.1) is 12.7 Å². The van der Waals surface area contributed by atoms with Gasteiger partial charge in [0.25, 0.3) is 0 Å². The van der Waals surface area contributed by atoms with Crippen molar-refractivity contribution in [3.63, 3.8) is 0 Å². The van der Waals surface area contributed by atoms with E-state index in [0.717, 1.165) is 12.0 Å². The zero-order valence-corrected chi connectivity index (χ0v) is 9.52. The minimum absolute atomic E-state index is 0.338. The summed E-state index contributed by atoms with van der Waals surface area (Å²) in [5.41, 5.74) is 12.5. The molecule has 0 aliphatic rings. The molecule has 84 valence electrons. The third-order valence-corrected chi connectivity index (χ3v) is 2.91. The minimum Gasteiger partial charge on any atom is -0.330 e. The lowest BCUT2D eigenvalue weighted by atomic mass is 10.00. The van der Waals surface area contributed by atoms with E-state index < -0.39 is 0 Å². The van der Waals surface area contributed by atoms with Gasteiger partial charge < -0.3 is 11.5 Å². The van der Waals surface area contributed by atoms with E-state index in [2.05, 4.69) is 0 Å². The first-order valence-corrected chi connectivity index (χ1v) is 5.36. The summed E-state index contributed by atoms with van der Waals surface area (Å²) in [6.45, 7) is 2.39. The average molecular weight is 231 g/mol. The van der Waals surface area contributed by atoms with Gasteiger partial charge in [-0.05, 0) is 37.9 Å². The van der Waals surface area contributed by atoms with Crippen molar-refractivity contribution in [1.29, 1.82) is 0 Å². The molecule has 4 heteroatoms. The molecule has 0 heterocycles. The van der Waals surface area contributed by atoms with Crippen LogP contribution in [0.4, 0.5) is 4.39 Å². The second-order valence-electron chi connectivity index (χ2n) is 3.63. The molecule has 1 aromatic carbocycles. The average Bonchev–Trinajstić information content (AvgIpc) is 2.21. The van der Waals surface area contributed by atoms with Gasteiger partial charge in [0, 0.05) is 11.6 Å². The Morgan fingerprint density at radius 1 is 1.47 bits per heavy atom. The molecule has 0 unspecified atom stereocenters. The van der Waals surface area contributed by atoms with E-state index >= 15 is 0 Å². The van der Waals surface area contributed by atoms with Gasteiger partial charge >= 0.3 is 0 Å². The van der Waals surface area contributed by atoms with E-state index in [0.29, 0.717) is 23.6 Å². The van der Waals surface area contributed by atoms with Crippen LogP contribution >= 0.6 is 11.6 Å². The van der Waals surface area contributed by atoms with Crippen molar-refractivity contribution in [2.75, 3.05) is 6.54 Å². The molecule has 0 aliphatic heterocycles. The zero-order valence-electron chi connectivity index (χ0n) is 8.76. The number of hydrogen-bond donors (Lipinski definition) is 2. The number of rotatable bonds is 4. The third kappa shape index (κ3) is 2.91. The van der Waals surface area contributed by atoms with Crippen molar-refractivity contribution in [3.8, 4) is 0 Å². The van der Waals surface area contributed by atoms with E-state index in [9.17, 15) is 4.39 Å². The first-order valence-electron chi connectivity index (χ1n) is 4.98.